The second kappa shape index (κ2) is 5.30. The average molecular weight is 281 g/mol. The molecular formula is C13H19N3O2S. The fraction of sp³-hybridized carbons (Fsp3) is 0.462. The third-order valence-electron chi connectivity index (χ3n) is 3.00. The molecule has 19 heavy (non-hydrogen) atoms. The second-order valence-corrected chi connectivity index (χ2v) is 6.96. The number of hydrogen-bond acceptors (Lipinski definition) is 4. The summed E-state index contributed by atoms with van der Waals surface area (Å²) in [5.41, 5.74) is 6.99. The minimum absolute atomic E-state index is 0.177. The van der Waals surface area contributed by atoms with E-state index in [0.717, 1.165) is 30.6 Å². The molecule has 1 unspecified atom stereocenters. The number of nitrogens with one attached hydrogen (secondary N) is 1. The molecule has 5 nitrogen and oxygen atoms in total. The standard InChI is InChI=1S/C13H19N3O2S/c1-9(14)5-3-8-12-15-10-6-4-7-11(13(10)16-12)19(2,17)18/h4,6-7,9H,3,5,8,14H2,1-2H3,(H,15,16). The summed E-state index contributed by atoms with van der Waals surface area (Å²) in [6.07, 6.45) is 3.84. The SMILES string of the molecule is CC(N)CCCc1nc2c(S(C)(=O)=O)cccc2[nH]1. The monoisotopic (exact) mass is 281 g/mol. The highest BCUT2D eigenvalue weighted by molar-refractivity contribution is 7.91. The zero-order valence-corrected chi connectivity index (χ0v) is 12.0. The van der Waals surface area contributed by atoms with E-state index in [1.165, 1.54) is 6.26 Å². The molecule has 0 aliphatic heterocycles. The Hall–Kier alpha value is -1.40. The molecule has 3 N–H and O–H groups in total. The molecule has 0 saturated heterocycles. The molecule has 1 heterocycles. The van der Waals surface area contributed by atoms with Gasteiger partial charge in [-0.05, 0) is 31.9 Å². The van der Waals surface area contributed by atoms with Crippen LogP contribution < -0.4 is 5.73 Å². The molecule has 0 aliphatic carbocycles. The van der Waals surface area contributed by atoms with Crippen molar-refractivity contribution in [2.75, 3.05) is 6.26 Å². The molecule has 104 valence electrons. The molecule has 0 spiro atoms. The number of benzene rings is 1. The summed E-state index contributed by atoms with van der Waals surface area (Å²) >= 11 is 0. The summed E-state index contributed by atoms with van der Waals surface area (Å²) in [5.74, 6) is 0.812. The van der Waals surface area contributed by atoms with Crippen molar-refractivity contribution in [2.45, 2.75) is 37.1 Å². The third kappa shape index (κ3) is 3.33. The number of rotatable bonds is 5. The van der Waals surface area contributed by atoms with Crippen LogP contribution in [-0.4, -0.2) is 30.7 Å². The van der Waals surface area contributed by atoms with Crippen LogP contribution in [0.25, 0.3) is 11.0 Å². The van der Waals surface area contributed by atoms with Gasteiger partial charge in [-0.15, -0.1) is 0 Å². The predicted octanol–water partition coefficient (Wildman–Crippen LogP) is 1.64. The van der Waals surface area contributed by atoms with E-state index in [-0.39, 0.29) is 10.9 Å². The van der Waals surface area contributed by atoms with Crippen LogP contribution in [0.5, 0.6) is 0 Å². The maximum atomic E-state index is 11.7. The van der Waals surface area contributed by atoms with E-state index < -0.39 is 9.84 Å². The van der Waals surface area contributed by atoms with Gasteiger partial charge in [0.15, 0.2) is 9.84 Å². The zero-order chi connectivity index (χ0) is 14.0. The molecule has 0 aliphatic rings. The van der Waals surface area contributed by atoms with Crippen molar-refractivity contribution in [1.29, 1.82) is 0 Å². The molecule has 0 radical (unpaired) electrons. The van der Waals surface area contributed by atoms with E-state index in [1.54, 1.807) is 12.1 Å². The Kier molecular flexibility index (Phi) is 3.91. The number of nitrogens with zero attached hydrogens (tertiary/aromatic N) is 1. The number of nitrogens with two attached hydrogens (primary N) is 1. The lowest BCUT2D eigenvalue weighted by atomic mass is 10.1. The summed E-state index contributed by atoms with van der Waals surface area (Å²) < 4.78 is 23.4. The Morgan fingerprint density at radius 2 is 2.16 bits per heavy atom. The summed E-state index contributed by atoms with van der Waals surface area (Å²) in [6.45, 7) is 1.97. The Labute approximate surface area is 113 Å². The Morgan fingerprint density at radius 1 is 1.42 bits per heavy atom. The van der Waals surface area contributed by atoms with Gasteiger partial charge in [0.25, 0.3) is 0 Å². The molecule has 0 fully saturated rings. The molecule has 0 bridgehead atoms. The number of sulfone groups is 1. The zero-order valence-electron chi connectivity index (χ0n) is 11.2. The number of aromatic amines is 1. The van der Waals surface area contributed by atoms with Crippen molar-refractivity contribution in [3.8, 4) is 0 Å². The lowest BCUT2D eigenvalue weighted by Gasteiger charge is -2.01. The van der Waals surface area contributed by atoms with Crippen molar-refractivity contribution >= 4 is 20.9 Å². The van der Waals surface area contributed by atoms with Gasteiger partial charge in [0, 0.05) is 18.7 Å². The highest BCUT2D eigenvalue weighted by atomic mass is 32.2. The summed E-state index contributed by atoms with van der Waals surface area (Å²) in [4.78, 5) is 7.84. The number of para-hydroxylation sites is 1. The van der Waals surface area contributed by atoms with E-state index in [1.807, 2.05) is 13.0 Å². The van der Waals surface area contributed by atoms with Crippen LogP contribution in [0.4, 0.5) is 0 Å². The van der Waals surface area contributed by atoms with Crippen LogP contribution in [0.1, 0.15) is 25.6 Å². The molecule has 0 amide bonds. The topological polar surface area (TPSA) is 88.8 Å². The van der Waals surface area contributed by atoms with Crippen LogP contribution >= 0.6 is 0 Å². The minimum Gasteiger partial charge on any atom is -0.342 e. The van der Waals surface area contributed by atoms with Gasteiger partial charge in [0.05, 0.1) is 10.4 Å². The van der Waals surface area contributed by atoms with E-state index in [2.05, 4.69) is 9.97 Å². The highest BCUT2D eigenvalue weighted by Crippen LogP contribution is 2.21. The Morgan fingerprint density at radius 3 is 2.79 bits per heavy atom. The minimum atomic E-state index is -3.25. The van der Waals surface area contributed by atoms with Gasteiger partial charge >= 0.3 is 0 Å². The fourth-order valence-electron chi connectivity index (χ4n) is 2.07. The van der Waals surface area contributed by atoms with E-state index in [0.29, 0.717) is 5.52 Å². The first-order valence-corrected chi connectivity index (χ1v) is 8.20. The number of imidazole rings is 1. The third-order valence-corrected chi connectivity index (χ3v) is 4.13. The molecule has 2 aromatic rings. The number of fused-ring (bicyclic) bond motifs is 1. The number of hydrogen-bond donors (Lipinski definition) is 2. The maximum Gasteiger partial charge on any atom is 0.177 e. The van der Waals surface area contributed by atoms with E-state index in [9.17, 15) is 8.42 Å². The molecule has 1 aromatic heterocycles. The highest BCUT2D eigenvalue weighted by Gasteiger charge is 2.14. The van der Waals surface area contributed by atoms with Crippen molar-refractivity contribution in [3.63, 3.8) is 0 Å². The van der Waals surface area contributed by atoms with Gasteiger partial charge in [-0.2, -0.15) is 0 Å². The maximum absolute atomic E-state index is 11.7. The molecular weight excluding hydrogens is 262 g/mol. The lowest BCUT2D eigenvalue weighted by Crippen LogP contribution is -2.14. The van der Waals surface area contributed by atoms with E-state index >= 15 is 0 Å². The van der Waals surface area contributed by atoms with Gasteiger partial charge in [-0.1, -0.05) is 6.07 Å². The number of H-pyrrole nitrogens is 1. The van der Waals surface area contributed by atoms with Gasteiger partial charge in [-0.3, -0.25) is 0 Å². The van der Waals surface area contributed by atoms with Crippen molar-refractivity contribution in [3.05, 3.63) is 24.0 Å². The Balaban J connectivity index is 2.30. The first kappa shape index (κ1) is 14.0. The van der Waals surface area contributed by atoms with Crippen LogP contribution in [0.3, 0.4) is 0 Å². The first-order chi connectivity index (χ1) is 8.88. The molecule has 0 saturated carbocycles. The van der Waals surface area contributed by atoms with Crippen molar-refractivity contribution in [2.24, 2.45) is 5.73 Å². The second-order valence-electron chi connectivity index (χ2n) is 4.98. The molecule has 6 heteroatoms. The smallest absolute Gasteiger partial charge is 0.177 e. The van der Waals surface area contributed by atoms with Crippen molar-refractivity contribution < 1.29 is 8.42 Å². The summed E-state index contributed by atoms with van der Waals surface area (Å²) in [6, 6.07) is 5.33. The van der Waals surface area contributed by atoms with Crippen molar-refractivity contribution in [1.82, 2.24) is 9.97 Å². The van der Waals surface area contributed by atoms with Crippen LogP contribution in [0.15, 0.2) is 23.1 Å². The number of aryl methyl sites for hydroxylation is 1. The van der Waals surface area contributed by atoms with Crippen LogP contribution in [0, 0.1) is 0 Å². The van der Waals surface area contributed by atoms with Crippen LogP contribution in [-0.2, 0) is 16.3 Å². The summed E-state index contributed by atoms with van der Waals surface area (Å²) in [7, 11) is -3.25. The molecule has 2 rings (SSSR count). The normalized spacial score (nSPS) is 13.8. The van der Waals surface area contributed by atoms with Gasteiger partial charge in [-0.25, -0.2) is 13.4 Å². The quantitative estimate of drug-likeness (QED) is 0.872. The number of aromatic nitrogens is 2. The lowest BCUT2D eigenvalue weighted by molar-refractivity contribution is 0.602. The van der Waals surface area contributed by atoms with Gasteiger partial charge < -0.3 is 10.7 Å². The summed E-state index contributed by atoms with van der Waals surface area (Å²) in [5, 5.41) is 0. The Bertz CT molecular complexity index is 674. The van der Waals surface area contributed by atoms with Gasteiger partial charge in [0.2, 0.25) is 0 Å². The average Bonchev–Trinajstić information content (AvgIpc) is 2.69. The molecule has 1 atom stereocenters. The first-order valence-electron chi connectivity index (χ1n) is 6.31. The fourth-order valence-corrected chi connectivity index (χ4v) is 2.90. The van der Waals surface area contributed by atoms with Crippen LogP contribution in [0.2, 0.25) is 0 Å². The molecule has 1 aromatic carbocycles. The van der Waals surface area contributed by atoms with E-state index in [4.69, 9.17) is 5.73 Å². The largest absolute Gasteiger partial charge is 0.342 e. The van der Waals surface area contributed by atoms with Gasteiger partial charge in [0.1, 0.15) is 11.3 Å². The predicted molar refractivity (Wildman–Crippen MR) is 75.8 cm³/mol.